The van der Waals surface area contributed by atoms with E-state index < -0.39 is 11.7 Å². The van der Waals surface area contributed by atoms with E-state index in [4.69, 9.17) is 9.47 Å². The van der Waals surface area contributed by atoms with Crippen molar-refractivity contribution in [2.24, 2.45) is 0 Å². The number of carbonyl (C=O) groups excluding carboxylic acids is 2. The molecule has 0 saturated carbocycles. The Labute approximate surface area is 179 Å². The Morgan fingerprint density at radius 1 is 1.17 bits per heavy atom. The quantitative estimate of drug-likeness (QED) is 0.686. The highest BCUT2D eigenvalue weighted by Crippen LogP contribution is 2.38. The van der Waals surface area contributed by atoms with Gasteiger partial charge in [0.15, 0.2) is 0 Å². The number of nitrogens with one attached hydrogen (secondary N) is 2. The summed E-state index contributed by atoms with van der Waals surface area (Å²) in [5, 5.41) is 5.56. The highest BCUT2D eigenvalue weighted by molar-refractivity contribution is 6.02. The molecule has 0 aliphatic carbocycles. The first-order chi connectivity index (χ1) is 14.0. The molecule has 30 heavy (non-hydrogen) atoms. The molecule has 1 fully saturated rings. The zero-order valence-corrected chi connectivity index (χ0v) is 18.9. The summed E-state index contributed by atoms with van der Waals surface area (Å²) >= 11 is 0. The second-order valence-electron chi connectivity index (χ2n) is 8.57. The lowest BCUT2D eigenvalue weighted by atomic mass is 10.0. The number of carbonyl (C=O) groups is 2. The van der Waals surface area contributed by atoms with Crippen LogP contribution >= 0.6 is 0 Å². The molecule has 1 saturated heterocycles. The Kier molecular flexibility index (Phi) is 7.72. The Balaban J connectivity index is 2.35. The van der Waals surface area contributed by atoms with Crippen LogP contribution in [0.3, 0.4) is 0 Å². The minimum absolute atomic E-state index is 0.326. The molecular formula is C22H34N4O4. The molecule has 8 heteroatoms. The standard InChI is InChI=1S/C22H34N4O4/c1-8-20(27)23-16-13-17(24-21(28)30-22(2,3)4)19(29-7)14-18(16)26-11-9-15(10-12-26)25(5)6/h8,13-15H,1,9-12H2,2-7H3,(H,23,27)(H,24,28). The van der Waals surface area contributed by atoms with Crippen LogP contribution in [0.5, 0.6) is 5.75 Å². The predicted molar refractivity (Wildman–Crippen MR) is 121 cm³/mol. The van der Waals surface area contributed by atoms with Gasteiger partial charge in [-0.2, -0.15) is 0 Å². The summed E-state index contributed by atoms with van der Waals surface area (Å²) in [5.41, 5.74) is 1.20. The second kappa shape index (κ2) is 9.84. The molecule has 1 aromatic carbocycles. The minimum atomic E-state index is -0.631. The molecule has 1 heterocycles. The molecule has 166 valence electrons. The van der Waals surface area contributed by atoms with Crippen molar-refractivity contribution >= 4 is 29.1 Å². The molecule has 0 radical (unpaired) electrons. The van der Waals surface area contributed by atoms with E-state index in [9.17, 15) is 9.59 Å². The van der Waals surface area contributed by atoms with Crippen LogP contribution in [0.15, 0.2) is 24.8 Å². The maximum absolute atomic E-state index is 12.3. The van der Waals surface area contributed by atoms with Crippen LogP contribution in [0, 0.1) is 0 Å². The molecular weight excluding hydrogens is 384 g/mol. The highest BCUT2D eigenvalue weighted by atomic mass is 16.6. The van der Waals surface area contributed by atoms with Crippen molar-refractivity contribution in [3.05, 3.63) is 24.8 Å². The summed E-state index contributed by atoms with van der Waals surface area (Å²) in [6.45, 7) is 10.6. The van der Waals surface area contributed by atoms with Crippen molar-refractivity contribution in [2.45, 2.75) is 45.3 Å². The van der Waals surface area contributed by atoms with Crippen LogP contribution in [-0.2, 0) is 9.53 Å². The Hall–Kier alpha value is -2.74. The van der Waals surface area contributed by atoms with Gasteiger partial charge in [-0.15, -0.1) is 0 Å². The van der Waals surface area contributed by atoms with Crippen LogP contribution < -0.4 is 20.3 Å². The van der Waals surface area contributed by atoms with Crippen molar-refractivity contribution in [1.29, 1.82) is 0 Å². The summed E-state index contributed by atoms with van der Waals surface area (Å²) in [6.07, 6.45) is 2.65. The van der Waals surface area contributed by atoms with E-state index in [0.717, 1.165) is 31.6 Å². The van der Waals surface area contributed by atoms with Gasteiger partial charge in [0.2, 0.25) is 5.91 Å². The van der Waals surface area contributed by atoms with Gasteiger partial charge in [-0.05, 0) is 59.9 Å². The third-order valence-electron chi connectivity index (χ3n) is 4.93. The average molecular weight is 419 g/mol. The van der Waals surface area contributed by atoms with E-state index >= 15 is 0 Å². The lowest BCUT2D eigenvalue weighted by molar-refractivity contribution is -0.111. The van der Waals surface area contributed by atoms with Crippen molar-refractivity contribution in [1.82, 2.24) is 4.90 Å². The largest absolute Gasteiger partial charge is 0.494 e. The average Bonchev–Trinajstić information content (AvgIpc) is 2.66. The van der Waals surface area contributed by atoms with Gasteiger partial charge in [0, 0.05) is 25.2 Å². The lowest BCUT2D eigenvalue weighted by Crippen LogP contribution is -2.42. The molecule has 8 nitrogen and oxygen atoms in total. The van der Waals surface area contributed by atoms with E-state index in [2.05, 4.69) is 41.1 Å². The van der Waals surface area contributed by atoms with Crippen molar-refractivity contribution in [2.75, 3.05) is 49.8 Å². The molecule has 1 aliphatic heterocycles. The third-order valence-corrected chi connectivity index (χ3v) is 4.93. The third kappa shape index (κ3) is 6.38. The molecule has 2 amide bonds. The molecule has 0 unspecified atom stereocenters. The van der Waals surface area contributed by atoms with Crippen molar-refractivity contribution < 1.29 is 19.1 Å². The Morgan fingerprint density at radius 3 is 2.30 bits per heavy atom. The molecule has 2 N–H and O–H groups in total. The summed E-state index contributed by atoms with van der Waals surface area (Å²) in [4.78, 5) is 28.8. The number of ether oxygens (including phenoxy) is 2. The lowest BCUT2D eigenvalue weighted by Gasteiger charge is -2.37. The number of benzene rings is 1. The van der Waals surface area contributed by atoms with Crippen molar-refractivity contribution in [3.63, 3.8) is 0 Å². The van der Waals surface area contributed by atoms with Crippen LogP contribution in [0.25, 0.3) is 0 Å². The van der Waals surface area contributed by atoms with Crippen LogP contribution in [0.2, 0.25) is 0 Å². The molecule has 0 spiro atoms. The molecule has 2 rings (SSSR count). The van der Waals surface area contributed by atoms with Gasteiger partial charge in [-0.25, -0.2) is 4.79 Å². The zero-order chi connectivity index (χ0) is 22.5. The van der Waals surface area contributed by atoms with Gasteiger partial charge < -0.3 is 24.6 Å². The normalized spacial score (nSPS) is 15.0. The first-order valence-corrected chi connectivity index (χ1v) is 10.1. The summed E-state index contributed by atoms with van der Waals surface area (Å²) in [5.74, 6) is 0.162. The minimum Gasteiger partial charge on any atom is -0.494 e. The topological polar surface area (TPSA) is 83.1 Å². The first kappa shape index (κ1) is 23.5. The number of anilines is 3. The highest BCUT2D eigenvalue weighted by Gasteiger charge is 2.25. The number of nitrogens with zero attached hydrogens (tertiary/aromatic N) is 2. The maximum Gasteiger partial charge on any atom is 0.412 e. The van der Waals surface area contributed by atoms with Crippen molar-refractivity contribution in [3.8, 4) is 5.75 Å². The van der Waals surface area contributed by atoms with Gasteiger partial charge >= 0.3 is 6.09 Å². The van der Waals surface area contributed by atoms with Gasteiger partial charge in [0.1, 0.15) is 11.4 Å². The SMILES string of the molecule is C=CC(=O)Nc1cc(NC(=O)OC(C)(C)C)c(OC)cc1N1CCC(N(C)C)CC1. The predicted octanol–water partition coefficient (Wildman–Crippen LogP) is 3.70. The number of hydrogen-bond acceptors (Lipinski definition) is 6. The molecule has 0 atom stereocenters. The maximum atomic E-state index is 12.3. The van der Waals surface area contributed by atoms with Gasteiger partial charge in [0.25, 0.3) is 0 Å². The van der Waals surface area contributed by atoms with Gasteiger partial charge in [-0.3, -0.25) is 10.1 Å². The Morgan fingerprint density at radius 2 is 1.80 bits per heavy atom. The number of amides is 2. The number of methoxy groups -OCH3 is 1. The molecule has 0 aromatic heterocycles. The number of piperidine rings is 1. The molecule has 1 aliphatic rings. The van der Waals surface area contributed by atoms with E-state index in [1.54, 1.807) is 33.9 Å². The monoisotopic (exact) mass is 418 g/mol. The van der Waals surface area contributed by atoms with Crippen LogP contribution in [0.4, 0.5) is 21.9 Å². The Bertz CT molecular complexity index is 778. The number of rotatable bonds is 6. The fraction of sp³-hybridized carbons (Fsp3) is 0.545. The van der Waals surface area contributed by atoms with Crippen LogP contribution in [-0.4, -0.2) is 62.8 Å². The smallest absolute Gasteiger partial charge is 0.412 e. The second-order valence-corrected chi connectivity index (χ2v) is 8.57. The van der Waals surface area contributed by atoms with Crippen LogP contribution in [0.1, 0.15) is 33.6 Å². The first-order valence-electron chi connectivity index (χ1n) is 10.1. The van der Waals surface area contributed by atoms with E-state index in [1.807, 2.05) is 6.07 Å². The van der Waals surface area contributed by atoms with Gasteiger partial charge in [0.05, 0.1) is 24.2 Å². The zero-order valence-electron chi connectivity index (χ0n) is 18.9. The summed E-state index contributed by atoms with van der Waals surface area (Å²) in [6, 6.07) is 4.06. The molecule has 0 bridgehead atoms. The fourth-order valence-corrected chi connectivity index (χ4v) is 3.42. The fourth-order valence-electron chi connectivity index (χ4n) is 3.42. The summed E-state index contributed by atoms with van der Waals surface area (Å²) < 4.78 is 10.9. The van der Waals surface area contributed by atoms with Gasteiger partial charge in [-0.1, -0.05) is 6.58 Å². The molecule has 1 aromatic rings. The van der Waals surface area contributed by atoms with E-state index in [-0.39, 0.29) is 5.91 Å². The van der Waals surface area contributed by atoms with E-state index in [0.29, 0.717) is 23.2 Å². The van der Waals surface area contributed by atoms with E-state index in [1.165, 1.54) is 6.08 Å². The number of hydrogen-bond donors (Lipinski definition) is 2. The summed E-state index contributed by atoms with van der Waals surface area (Å²) in [7, 11) is 5.73.